The molecular formula is C24H22FN3O3. The Balaban J connectivity index is 1.48. The Labute approximate surface area is 179 Å². The lowest BCUT2D eigenvalue weighted by Crippen LogP contribution is -2.38. The van der Waals surface area contributed by atoms with Gasteiger partial charge in [0, 0.05) is 25.6 Å². The van der Waals surface area contributed by atoms with E-state index in [4.69, 9.17) is 4.74 Å². The number of nitrogens with one attached hydrogen (secondary N) is 1. The fourth-order valence-electron chi connectivity index (χ4n) is 3.50. The normalized spacial score (nSPS) is 12.8. The number of carbonyl (C=O) groups is 2. The molecule has 0 aliphatic carbocycles. The minimum absolute atomic E-state index is 0.0119. The van der Waals surface area contributed by atoms with Crippen molar-refractivity contribution >= 4 is 17.6 Å². The third kappa shape index (κ3) is 4.71. The van der Waals surface area contributed by atoms with Gasteiger partial charge < -0.3 is 9.64 Å². The molecule has 0 spiro atoms. The van der Waals surface area contributed by atoms with E-state index in [-0.39, 0.29) is 24.0 Å². The molecule has 0 fully saturated rings. The van der Waals surface area contributed by atoms with Crippen molar-refractivity contribution in [3.63, 3.8) is 0 Å². The second kappa shape index (κ2) is 8.95. The lowest BCUT2D eigenvalue weighted by atomic mass is 10.0. The zero-order chi connectivity index (χ0) is 21.8. The molecule has 1 aromatic heterocycles. The molecule has 31 heavy (non-hydrogen) atoms. The number of aromatic nitrogens is 1. The molecule has 1 aliphatic heterocycles. The van der Waals surface area contributed by atoms with Crippen molar-refractivity contribution in [2.45, 2.75) is 26.3 Å². The van der Waals surface area contributed by atoms with Crippen molar-refractivity contribution in [3.05, 3.63) is 83.3 Å². The number of benzene rings is 2. The highest BCUT2D eigenvalue weighted by atomic mass is 19.1. The Morgan fingerprint density at radius 3 is 2.61 bits per heavy atom. The molecule has 158 valence electrons. The van der Waals surface area contributed by atoms with Gasteiger partial charge >= 0.3 is 6.03 Å². The zero-order valence-electron chi connectivity index (χ0n) is 17.1. The van der Waals surface area contributed by atoms with Gasteiger partial charge in [0.1, 0.15) is 17.4 Å². The first-order valence-electron chi connectivity index (χ1n) is 10.1. The number of Topliss-reactive ketones (excluding diaryl/α,β-unsaturated/α-hetero) is 1. The van der Waals surface area contributed by atoms with E-state index in [0.29, 0.717) is 42.2 Å². The second-order valence-electron chi connectivity index (χ2n) is 7.33. The summed E-state index contributed by atoms with van der Waals surface area (Å²) < 4.78 is 20.5. The molecule has 0 atom stereocenters. The van der Waals surface area contributed by atoms with Gasteiger partial charge in [-0.05, 0) is 36.2 Å². The largest absolute Gasteiger partial charge is 0.454 e. The number of halogens is 1. The summed E-state index contributed by atoms with van der Waals surface area (Å²) in [4.78, 5) is 30.1. The van der Waals surface area contributed by atoms with Gasteiger partial charge in [-0.3, -0.25) is 10.1 Å². The highest BCUT2D eigenvalue weighted by Crippen LogP contribution is 2.34. The van der Waals surface area contributed by atoms with Crippen molar-refractivity contribution in [3.8, 4) is 11.5 Å². The van der Waals surface area contributed by atoms with E-state index < -0.39 is 5.82 Å². The molecule has 0 unspecified atom stereocenters. The first kappa shape index (κ1) is 20.5. The van der Waals surface area contributed by atoms with Gasteiger partial charge in [-0.15, -0.1) is 0 Å². The van der Waals surface area contributed by atoms with Crippen molar-refractivity contribution in [2.24, 2.45) is 0 Å². The average Bonchev–Trinajstić information content (AvgIpc) is 2.76. The molecular weight excluding hydrogens is 397 g/mol. The van der Waals surface area contributed by atoms with Crippen molar-refractivity contribution < 1.29 is 18.7 Å². The van der Waals surface area contributed by atoms with Crippen LogP contribution in [0.15, 0.2) is 60.8 Å². The number of pyridine rings is 1. The van der Waals surface area contributed by atoms with Gasteiger partial charge in [0.25, 0.3) is 0 Å². The fraction of sp³-hybridized carbons (Fsp3) is 0.208. The van der Waals surface area contributed by atoms with Crippen molar-refractivity contribution in [1.82, 2.24) is 9.88 Å². The molecule has 4 rings (SSSR count). The number of nitrogens with zero attached hydrogens (tertiary/aromatic N) is 2. The van der Waals surface area contributed by atoms with Crippen LogP contribution in [-0.4, -0.2) is 28.2 Å². The summed E-state index contributed by atoms with van der Waals surface area (Å²) >= 11 is 0. The predicted octanol–water partition coefficient (Wildman–Crippen LogP) is 4.73. The monoisotopic (exact) mass is 419 g/mol. The summed E-state index contributed by atoms with van der Waals surface area (Å²) in [7, 11) is 0. The van der Waals surface area contributed by atoms with Crippen LogP contribution < -0.4 is 10.1 Å². The summed E-state index contributed by atoms with van der Waals surface area (Å²) in [5, 5.41) is 2.72. The first-order chi connectivity index (χ1) is 15.0. The minimum atomic E-state index is -0.553. The number of fused-ring (bicyclic) bond motifs is 1. The number of hydrogen-bond acceptors (Lipinski definition) is 4. The topological polar surface area (TPSA) is 71.5 Å². The lowest BCUT2D eigenvalue weighted by Gasteiger charge is -2.28. The minimum Gasteiger partial charge on any atom is -0.454 e. The van der Waals surface area contributed by atoms with Crippen LogP contribution in [0.5, 0.6) is 11.5 Å². The summed E-state index contributed by atoms with van der Waals surface area (Å²) in [6.07, 6.45) is 1.96. The van der Waals surface area contributed by atoms with E-state index in [1.54, 1.807) is 17.0 Å². The summed E-state index contributed by atoms with van der Waals surface area (Å²) in [6.45, 7) is 2.73. The van der Waals surface area contributed by atoms with Gasteiger partial charge in [0.2, 0.25) is 0 Å². The number of amides is 2. The van der Waals surface area contributed by atoms with Crippen LogP contribution in [0, 0.1) is 5.82 Å². The molecule has 3 aromatic rings. The Morgan fingerprint density at radius 2 is 1.87 bits per heavy atom. The number of hydrogen-bond donors (Lipinski definition) is 1. The van der Waals surface area contributed by atoms with E-state index in [2.05, 4.69) is 10.3 Å². The summed E-state index contributed by atoms with van der Waals surface area (Å²) in [5.74, 6) is 0.347. The van der Waals surface area contributed by atoms with Gasteiger partial charge in [0.05, 0.1) is 12.1 Å². The van der Waals surface area contributed by atoms with Gasteiger partial charge in [-0.2, -0.15) is 0 Å². The Bertz CT molecular complexity index is 1120. The zero-order valence-corrected chi connectivity index (χ0v) is 17.1. The quantitative estimate of drug-likeness (QED) is 0.601. The molecule has 1 N–H and O–H groups in total. The highest BCUT2D eigenvalue weighted by Gasteiger charge is 2.25. The number of carbonyl (C=O) groups excluding carboxylic acids is 2. The number of ketones is 1. The van der Waals surface area contributed by atoms with Crippen LogP contribution >= 0.6 is 0 Å². The van der Waals surface area contributed by atoms with Gasteiger partial charge in [-0.25, -0.2) is 14.2 Å². The maximum absolute atomic E-state index is 14.7. The third-order valence-corrected chi connectivity index (χ3v) is 5.12. The van der Waals surface area contributed by atoms with E-state index in [0.717, 1.165) is 5.56 Å². The number of ether oxygens (including phenoxy) is 1. The first-order valence-corrected chi connectivity index (χ1v) is 10.1. The van der Waals surface area contributed by atoms with Gasteiger partial charge in [-0.1, -0.05) is 36.4 Å². The lowest BCUT2D eigenvalue weighted by molar-refractivity contribution is -0.117. The van der Waals surface area contributed by atoms with Crippen molar-refractivity contribution in [1.29, 1.82) is 0 Å². The number of anilines is 1. The molecule has 0 bridgehead atoms. The van der Waals surface area contributed by atoms with Crippen LogP contribution in [0.4, 0.5) is 15.0 Å². The van der Waals surface area contributed by atoms with Gasteiger partial charge in [0.15, 0.2) is 11.6 Å². The number of rotatable bonds is 7. The van der Waals surface area contributed by atoms with Crippen LogP contribution in [0.3, 0.4) is 0 Å². The second-order valence-corrected chi connectivity index (χ2v) is 7.33. The molecule has 0 radical (unpaired) electrons. The Hall–Kier alpha value is -3.74. The average molecular weight is 419 g/mol. The Morgan fingerprint density at radius 1 is 1.10 bits per heavy atom. The molecule has 2 heterocycles. The van der Waals surface area contributed by atoms with E-state index >= 15 is 0 Å². The molecule has 0 saturated heterocycles. The highest BCUT2D eigenvalue weighted by molar-refractivity contribution is 5.91. The summed E-state index contributed by atoms with van der Waals surface area (Å²) in [6, 6.07) is 15.4. The van der Waals surface area contributed by atoms with E-state index in [1.165, 1.54) is 18.3 Å². The molecule has 1 aliphatic rings. The van der Waals surface area contributed by atoms with E-state index in [1.807, 2.05) is 37.3 Å². The molecule has 2 amide bonds. The Kier molecular flexibility index (Phi) is 5.93. The fourth-order valence-corrected chi connectivity index (χ4v) is 3.50. The number of urea groups is 1. The molecule has 2 aromatic carbocycles. The smallest absolute Gasteiger partial charge is 0.323 e. The van der Waals surface area contributed by atoms with Crippen LogP contribution in [0.1, 0.15) is 23.6 Å². The molecule has 6 nitrogen and oxygen atoms in total. The standard InChI is InChI=1S/C24H22FN3O3/c1-2-28-15-19-21(10-11-26-23(19)27-24(28)30)31-22-9-8-17(14-20(22)25)13-18(29)12-16-6-4-3-5-7-16/h3-11,14H,2,12-13,15H2,1H3,(H,26,27,30). The summed E-state index contributed by atoms with van der Waals surface area (Å²) in [5.41, 5.74) is 2.21. The van der Waals surface area contributed by atoms with Crippen LogP contribution in [0.25, 0.3) is 0 Å². The van der Waals surface area contributed by atoms with E-state index in [9.17, 15) is 14.0 Å². The SMILES string of the molecule is CCN1Cc2c(Oc3ccc(CC(=O)Cc4ccccc4)cc3F)ccnc2NC1=O. The molecule has 7 heteroatoms. The maximum atomic E-state index is 14.7. The third-order valence-electron chi connectivity index (χ3n) is 5.12. The predicted molar refractivity (Wildman–Crippen MR) is 115 cm³/mol. The molecule has 0 saturated carbocycles. The van der Waals surface area contributed by atoms with Crippen LogP contribution in [0.2, 0.25) is 0 Å². The van der Waals surface area contributed by atoms with Crippen molar-refractivity contribution in [2.75, 3.05) is 11.9 Å². The maximum Gasteiger partial charge on any atom is 0.323 e. The van der Waals surface area contributed by atoms with Crippen LogP contribution in [-0.2, 0) is 24.2 Å².